The molecule has 2 heterocycles. The van der Waals surface area contributed by atoms with Crippen LogP contribution in [0.2, 0.25) is 0 Å². The first kappa shape index (κ1) is 29.8. The molecule has 0 fully saturated rings. The van der Waals surface area contributed by atoms with Gasteiger partial charge in [-0.25, -0.2) is 9.97 Å². The third-order valence-corrected chi connectivity index (χ3v) is 9.85. The van der Waals surface area contributed by atoms with E-state index < -0.39 is 0 Å². The van der Waals surface area contributed by atoms with E-state index in [0.717, 1.165) is 83.1 Å². The molecule has 0 radical (unpaired) electrons. The normalized spacial score (nSPS) is 11.5. The lowest BCUT2D eigenvalue weighted by Crippen LogP contribution is -2.10. The van der Waals surface area contributed by atoms with E-state index in [9.17, 15) is 0 Å². The molecule has 0 unspecified atom stereocenters. The molecular formula is C48H31N3O. The number of anilines is 3. The highest BCUT2D eigenvalue weighted by Gasteiger charge is 2.24. The highest BCUT2D eigenvalue weighted by Crippen LogP contribution is 2.46. The standard InChI is InChI=1S/C48H31N3O/c1-4-14-32(15-5-1)33-24-26-38(27-25-33)51(37-20-8-3-9-21-37)43-29-28-40(45-41-30-35-18-10-11-19-36(35)31-44(41)52-47(43)45)48-49-42-23-13-12-22-39(42)46(50-48)34-16-6-2-7-17-34/h1-31H. The van der Waals surface area contributed by atoms with Crippen molar-refractivity contribution in [1.29, 1.82) is 0 Å². The summed E-state index contributed by atoms with van der Waals surface area (Å²) in [5.74, 6) is 0.656. The van der Waals surface area contributed by atoms with Crippen molar-refractivity contribution in [3.63, 3.8) is 0 Å². The molecule has 0 aliphatic carbocycles. The van der Waals surface area contributed by atoms with Crippen molar-refractivity contribution in [2.45, 2.75) is 0 Å². The van der Waals surface area contributed by atoms with Gasteiger partial charge in [0.1, 0.15) is 5.58 Å². The minimum Gasteiger partial charge on any atom is -0.454 e. The molecule has 10 rings (SSSR count). The predicted molar refractivity (Wildman–Crippen MR) is 215 cm³/mol. The van der Waals surface area contributed by atoms with Crippen molar-refractivity contribution in [1.82, 2.24) is 9.97 Å². The van der Waals surface area contributed by atoms with Crippen LogP contribution in [0.4, 0.5) is 17.1 Å². The van der Waals surface area contributed by atoms with Crippen LogP contribution in [0.5, 0.6) is 0 Å². The fourth-order valence-electron chi connectivity index (χ4n) is 7.36. The van der Waals surface area contributed by atoms with Gasteiger partial charge in [0.2, 0.25) is 0 Å². The van der Waals surface area contributed by atoms with Crippen LogP contribution in [0.25, 0.3) is 77.4 Å². The summed E-state index contributed by atoms with van der Waals surface area (Å²) in [6.07, 6.45) is 0. The van der Waals surface area contributed by atoms with Gasteiger partial charge in [-0.05, 0) is 76.5 Å². The molecule has 0 aliphatic heterocycles. The summed E-state index contributed by atoms with van der Waals surface area (Å²) in [6.45, 7) is 0. The van der Waals surface area contributed by atoms with Gasteiger partial charge in [-0.3, -0.25) is 0 Å². The van der Waals surface area contributed by atoms with E-state index in [1.165, 1.54) is 5.56 Å². The van der Waals surface area contributed by atoms with E-state index in [2.05, 4.69) is 163 Å². The van der Waals surface area contributed by atoms with Gasteiger partial charge in [0.05, 0.1) is 16.9 Å². The van der Waals surface area contributed by atoms with Crippen LogP contribution >= 0.6 is 0 Å². The van der Waals surface area contributed by atoms with Gasteiger partial charge in [-0.2, -0.15) is 0 Å². The predicted octanol–water partition coefficient (Wildman–Crippen LogP) is 13.2. The second kappa shape index (κ2) is 12.4. The topological polar surface area (TPSA) is 42.2 Å². The Bertz CT molecular complexity index is 2880. The van der Waals surface area contributed by atoms with E-state index in [1.807, 2.05) is 30.3 Å². The molecule has 4 nitrogen and oxygen atoms in total. The summed E-state index contributed by atoms with van der Waals surface area (Å²) in [5.41, 5.74) is 10.7. The summed E-state index contributed by atoms with van der Waals surface area (Å²) >= 11 is 0. The fraction of sp³-hybridized carbons (Fsp3) is 0. The molecule has 2 aromatic heterocycles. The molecule has 0 saturated carbocycles. The monoisotopic (exact) mass is 665 g/mol. The highest BCUT2D eigenvalue weighted by atomic mass is 16.3. The minimum absolute atomic E-state index is 0.656. The molecule has 52 heavy (non-hydrogen) atoms. The lowest BCUT2D eigenvalue weighted by Gasteiger charge is -2.26. The zero-order valence-corrected chi connectivity index (χ0v) is 28.1. The number of nitrogens with zero attached hydrogens (tertiary/aromatic N) is 3. The summed E-state index contributed by atoms with van der Waals surface area (Å²) in [4.78, 5) is 12.8. The average molecular weight is 666 g/mol. The Kier molecular flexibility index (Phi) is 7.10. The number of fused-ring (bicyclic) bond motifs is 5. The molecule has 0 atom stereocenters. The van der Waals surface area contributed by atoms with Gasteiger partial charge in [0.15, 0.2) is 11.4 Å². The first-order chi connectivity index (χ1) is 25.8. The van der Waals surface area contributed by atoms with E-state index in [1.54, 1.807) is 0 Å². The number of rotatable bonds is 6. The second-order valence-electron chi connectivity index (χ2n) is 13.0. The van der Waals surface area contributed by atoms with Crippen molar-refractivity contribution < 1.29 is 4.42 Å². The number of furan rings is 1. The Morgan fingerprint density at radius 1 is 0.442 bits per heavy atom. The average Bonchev–Trinajstić information content (AvgIpc) is 3.59. The highest BCUT2D eigenvalue weighted by molar-refractivity contribution is 6.19. The van der Waals surface area contributed by atoms with Crippen molar-refractivity contribution in [2.75, 3.05) is 4.90 Å². The Balaban J connectivity index is 1.25. The second-order valence-corrected chi connectivity index (χ2v) is 13.0. The third-order valence-electron chi connectivity index (χ3n) is 9.85. The van der Waals surface area contributed by atoms with Crippen LogP contribution in [0.1, 0.15) is 0 Å². The molecule has 0 amide bonds. The van der Waals surface area contributed by atoms with E-state index in [4.69, 9.17) is 14.4 Å². The first-order valence-electron chi connectivity index (χ1n) is 17.5. The van der Waals surface area contributed by atoms with Crippen LogP contribution in [-0.4, -0.2) is 9.97 Å². The largest absolute Gasteiger partial charge is 0.454 e. The van der Waals surface area contributed by atoms with Crippen molar-refractivity contribution in [3.05, 3.63) is 188 Å². The molecule has 0 N–H and O–H groups in total. The summed E-state index contributed by atoms with van der Waals surface area (Å²) in [7, 11) is 0. The number of hydrogen-bond acceptors (Lipinski definition) is 4. The summed E-state index contributed by atoms with van der Waals surface area (Å²) in [6, 6.07) is 65.4. The van der Waals surface area contributed by atoms with Crippen molar-refractivity contribution in [2.24, 2.45) is 0 Å². The number of para-hydroxylation sites is 2. The van der Waals surface area contributed by atoms with Crippen LogP contribution in [0.15, 0.2) is 192 Å². The summed E-state index contributed by atoms with van der Waals surface area (Å²) < 4.78 is 6.98. The summed E-state index contributed by atoms with van der Waals surface area (Å²) in [5, 5.41) is 5.30. The quantitative estimate of drug-likeness (QED) is 0.177. The molecule has 0 aliphatic rings. The lowest BCUT2D eigenvalue weighted by atomic mass is 10.00. The maximum Gasteiger partial charge on any atom is 0.161 e. The first-order valence-corrected chi connectivity index (χ1v) is 17.5. The van der Waals surface area contributed by atoms with E-state index in [-0.39, 0.29) is 0 Å². The molecule has 10 aromatic rings. The van der Waals surface area contributed by atoms with E-state index in [0.29, 0.717) is 5.82 Å². The molecule has 0 spiro atoms. The van der Waals surface area contributed by atoms with Crippen LogP contribution in [0, 0.1) is 0 Å². The SMILES string of the molecule is c1ccc(-c2ccc(N(c3ccccc3)c3ccc(-c4nc(-c5ccccc5)c5ccccc5n4)c4c3oc3cc5ccccc5cc34)cc2)cc1. The fourth-order valence-corrected chi connectivity index (χ4v) is 7.36. The van der Waals surface area contributed by atoms with Crippen LogP contribution < -0.4 is 4.90 Å². The Morgan fingerprint density at radius 2 is 1.04 bits per heavy atom. The molecular weight excluding hydrogens is 635 g/mol. The number of aromatic nitrogens is 2. The van der Waals surface area contributed by atoms with Crippen LogP contribution in [-0.2, 0) is 0 Å². The molecule has 244 valence electrons. The van der Waals surface area contributed by atoms with E-state index >= 15 is 0 Å². The van der Waals surface area contributed by atoms with Gasteiger partial charge in [0, 0.05) is 38.7 Å². The molecule has 4 heteroatoms. The van der Waals surface area contributed by atoms with Gasteiger partial charge in [0.25, 0.3) is 0 Å². The Labute approximate surface area is 300 Å². The maximum absolute atomic E-state index is 6.98. The molecule has 8 aromatic carbocycles. The maximum atomic E-state index is 6.98. The Hall–Kier alpha value is -7.04. The number of benzene rings is 8. The molecule has 0 saturated heterocycles. The van der Waals surface area contributed by atoms with Crippen molar-refractivity contribution >= 4 is 60.7 Å². The lowest BCUT2D eigenvalue weighted by molar-refractivity contribution is 0.669. The van der Waals surface area contributed by atoms with Crippen LogP contribution in [0.3, 0.4) is 0 Å². The zero-order chi connectivity index (χ0) is 34.4. The zero-order valence-electron chi connectivity index (χ0n) is 28.1. The van der Waals surface area contributed by atoms with Gasteiger partial charge >= 0.3 is 0 Å². The third kappa shape index (κ3) is 5.09. The smallest absolute Gasteiger partial charge is 0.161 e. The molecule has 0 bridgehead atoms. The van der Waals surface area contributed by atoms with Gasteiger partial charge < -0.3 is 9.32 Å². The van der Waals surface area contributed by atoms with Gasteiger partial charge in [-0.1, -0.05) is 133 Å². The van der Waals surface area contributed by atoms with Gasteiger partial charge in [-0.15, -0.1) is 0 Å². The van der Waals surface area contributed by atoms with Crippen molar-refractivity contribution in [3.8, 4) is 33.8 Å². The Morgan fingerprint density at radius 3 is 1.79 bits per heavy atom. The number of hydrogen-bond donors (Lipinski definition) is 0. The minimum atomic E-state index is 0.656.